The zero-order valence-electron chi connectivity index (χ0n) is 15.5. The van der Waals surface area contributed by atoms with Crippen LogP contribution in [0.3, 0.4) is 0 Å². The minimum Gasteiger partial charge on any atom is -0.292 e. The van der Waals surface area contributed by atoms with Gasteiger partial charge in [-0.25, -0.2) is 4.99 Å². The number of halogens is 2. The number of rotatable bonds is 4. The molecule has 2 nitrogen and oxygen atoms in total. The maximum Gasteiger partial charge on any atom is 0.145 e. The number of benzene rings is 4. The van der Waals surface area contributed by atoms with Gasteiger partial charge >= 0.3 is 0 Å². The van der Waals surface area contributed by atoms with Gasteiger partial charge in [0.1, 0.15) is 5.84 Å². The Balaban J connectivity index is 2.00. The molecule has 0 unspecified atom stereocenters. The first-order valence-corrected chi connectivity index (χ1v) is 9.98. The van der Waals surface area contributed by atoms with Crippen LogP contribution in [-0.4, -0.2) is 5.84 Å². The molecule has 0 amide bonds. The molecule has 0 bridgehead atoms. The lowest BCUT2D eigenvalue weighted by Crippen LogP contribution is -2.27. The van der Waals surface area contributed by atoms with Crippen LogP contribution < -0.4 is 4.90 Å². The zero-order valence-corrected chi connectivity index (χ0v) is 17.1. The summed E-state index contributed by atoms with van der Waals surface area (Å²) in [6, 6.07) is 35.3. The van der Waals surface area contributed by atoms with Crippen LogP contribution in [0.2, 0.25) is 10.0 Å². The van der Waals surface area contributed by atoms with Crippen molar-refractivity contribution in [1.82, 2.24) is 0 Å². The van der Waals surface area contributed by atoms with Crippen LogP contribution in [-0.2, 0) is 0 Å². The predicted molar refractivity (Wildman–Crippen MR) is 124 cm³/mol. The van der Waals surface area contributed by atoms with Crippen molar-refractivity contribution in [3.8, 4) is 0 Å². The van der Waals surface area contributed by atoms with Crippen LogP contribution in [0.4, 0.5) is 17.1 Å². The number of amidine groups is 1. The summed E-state index contributed by atoms with van der Waals surface area (Å²) in [6.45, 7) is 0. The van der Waals surface area contributed by atoms with E-state index in [1.807, 2.05) is 114 Å². The summed E-state index contributed by atoms with van der Waals surface area (Å²) < 4.78 is 0. The van der Waals surface area contributed by atoms with Crippen molar-refractivity contribution in [3.05, 3.63) is 125 Å². The first-order chi connectivity index (χ1) is 14.2. The third-order valence-electron chi connectivity index (χ3n) is 4.42. The summed E-state index contributed by atoms with van der Waals surface area (Å²) in [5.74, 6) is 0.734. The fourth-order valence-electron chi connectivity index (χ4n) is 3.08. The number of hydrogen-bond donors (Lipinski definition) is 0. The van der Waals surface area contributed by atoms with Gasteiger partial charge < -0.3 is 0 Å². The maximum atomic E-state index is 6.62. The van der Waals surface area contributed by atoms with Gasteiger partial charge in [0.15, 0.2) is 0 Å². The van der Waals surface area contributed by atoms with Crippen LogP contribution in [0.15, 0.2) is 114 Å². The van der Waals surface area contributed by atoms with Crippen LogP contribution in [0, 0.1) is 0 Å². The number of para-hydroxylation sites is 3. The summed E-state index contributed by atoms with van der Waals surface area (Å²) in [5.41, 5.74) is 3.41. The van der Waals surface area contributed by atoms with Crippen LogP contribution in [0.5, 0.6) is 0 Å². The van der Waals surface area contributed by atoms with Crippen molar-refractivity contribution in [2.45, 2.75) is 0 Å². The third kappa shape index (κ3) is 4.34. The van der Waals surface area contributed by atoms with Gasteiger partial charge in [0.25, 0.3) is 0 Å². The van der Waals surface area contributed by atoms with E-state index in [0.717, 1.165) is 28.5 Å². The highest BCUT2D eigenvalue weighted by Gasteiger charge is 2.22. The van der Waals surface area contributed by atoms with Gasteiger partial charge in [-0.3, -0.25) is 4.90 Å². The number of nitrogens with zero attached hydrogens (tertiary/aromatic N) is 2. The molecule has 0 radical (unpaired) electrons. The minimum absolute atomic E-state index is 0.615. The first-order valence-electron chi connectivity index (χ1n) is 9.22. The molecule has 4 rings (SSSR count). The first kappa shape index (κ1) is 19.3. The Morgan fingerprint density at radius 2 is 1.00 bits per heavy atom. The molecule has 0 saturated carbocycles. The largest absolute Gasteiger partial charge is 0.292 e. The van der Waals surface area contributed by atoms with Gasteiger partial charge in [-0.15, -0.1) is 0 Å². The van der Waals surface area contributed by atoms with E-state index in [2.05, 4.69) is 0 Å². The van der Waals surface area contributed by atoms with Crippen molar-refractivity contribution in [2.24, 2.45) is 4.99 Å². The van der Waals surface area contributed by atoms with E-state index in [9.17, 15) is 0 Å². The summed E-state index contributed by atoms with van der Waals surface area (Å²) in [5, 5.41) is 1.23. The van der Waals surface area contributed by atoms with Gasteiger partial charge in [0.2, 0.25) is 0 Å². The predicted octanol–water partition coefficient (Wildman–Crippen LogP) is 7.91. The summed E-state index contributed by atoms with van der Waals surface area (Å²) in [7, 11) is 0. The smallest absolute Gasteiger partial charge is 0.145 e. The maximum absolute atomic E-state index is 6.62. The highest BCUT2D eigenvalue weighted by molar-refractivity contribution is 6.37. The summed E-state index contributed by atoms with van der Waals surface area (Å²) >= 11 is 13.2. The molecule has 0 spiro atoms. The number of anilines is 2. The summed E-state index contributed by atoms with van der Waals surface area (Å²) in [4.78, 5) is 7.00. The Labute approximate surface area is 180 Å². The lowest BCUT2D eigenvalue weighted by atomic mass is 10.1. The van der Waals surface area contributed by atoms with Gasteiger partial charge in [-0.1, -0.05) is 96.0 Å². The Morgan fingerprint density at radius 1 is 0.552 bits per heavy atom. The second kappa shape index (κ2) is 8.95. The number of aliphatic imine (C=N–C) groups is 1. The molecule has 0 atom stereocenters. The molecule has 0 aliphatic rings. The van der Waals surface area contributed by atoms with E-state index in [1.54, 1.807) is 0 Å². The van der Waals surface area contributed by atoms with Crippen molar-refractivity contribution in [3.63, 3.8) is 0 Å². The van der Waals surface area contributed by atoms with Crippen LogP contribution >= 0.6 is 23.2 Å². The zero-order chi connectivity index (χ0) is 20.1. The Bertz CT molecular complexity index is 1080. The SMILES string of the molecule is Clc1ccccc1N(C(=Nc1ccccc1)c1ccccc1)c1ccccc1Cl. The number of hydrogen-bond acceptors (Lipinski definition) is 1. The molecule has 142 valence electrons. The van der Waals surface area contributed by atoms with E-state index in [-0.39, 0.29) is 0 Å². The molecule has 0 N–H and O–H groups in total. The minimum atomic E-state index is 0.615. The third-order valence-corrected chi connectivity index (χ3v) is 5.06. The van der Waals surface area contributed by atoms with Gasteiger partial charge in [0.05, 0.1) is 27.1 Å². The quantitative estimate of drug-likeness (QED) is 0.243. The average molecular weight is 417 g/mol. The molecule has 4 aromatic carbocycles. The Kier molecular flexibility index (Phi) is 5.95. The van der Waals surface area contributed by atoms with E-state index in [1.165, 1.54) is 0 Å². The van der Waals surface area contributed by atoms with Gasteiger partial charge in [-0.2, -0.15) is 0 Å². The second-order valence-electron chi connectivity index (χ2n) is 6.38. The molecule has 0 fully saturated rings. The standard InChI is InChI=1S/C25H18Cl2N2/c26-21-15-7-9-17-23(21)29(24-18-10-8-16-22(24)27)25(19-11-3-1-4-12-19)28-20-13-5-2-6-14-20/h1-18H. The van der Waals surface area contributed by atoms with Gasteiger partial charge in [0, 0.05) is 5.56 Å². The molecule has 0 saturated heterocycles. The van der Waals surface area contributed by atoms with Crippen LogP contribution in [0.1, 0.15) is 5.56 Å². The Hall–Kier alpha value is -3.07. The van der Waals surface area contributed by atoms with Crippen LogP contribution in [0.25, 0.3) is 0 Å². The lowest BCUT2D eigenvalue weighted by Gasteiger charge is -2.28. The monoisotopic (exact) mass is 416 g/mol. The van der Waals surface area contributed by atoms with E-state index >= 15 is 0 Å². The summed E-state index contributed by atoms with van der Waals surface area (Å²) in [6.07, 6.45) is 0. The average Bonchev–Trinajstić information content (AvgIpc) is 2.77. The van der Waals surface area contributed by atoms with Gasteiger partial charge in [-0.05, 0) is 36.4 Å². The second-order valence-corrected chi connectivity index (χ2v) is 7.19. The highest BCUT2D eigenvalue weighted by Crippen LogP contribution is 2.37. The van der Waals surface area contributed by atoms with E-state index in [4.69, 9.17) is 28.2 Å². The van der Waals surface area contributed by atoms with Crippen molar-refractivity contribution < 1.29 is 0 Å². The fraction of sp³-hybridized carbons (Fsp3) is 0. The molecule has 4 heteroatoms. The van der Waals surface area contributed by atoms with Crippen molar-refractivity contribution in [1.29, 1.82) is 0 Å². The molecule has 4 aromatic rings. The highest BCUT2D eigenvalue weighted by atomic mass is 35.5. The normalized spacial score (nSPS) is 11.3. The molecule has 0 aromatic heterocycles. The topological polar surface area (TPSA) is 15.6 Å². The van der Waals surface area contributed by atoms with E-state index < -0.39 is 0 Å². The van der Waals surface area contributed by atoms with E-state index in [0.29, 0.717) is 10.0 Å². The lowest BCUT2D eigenvalue weighted by molar-refractivity contribution is 1.31. The molecular weight excluding hydrogens is 399 g/mol. The fourth-order valence-corrected chi connectivity index (χ4v) is 3.52. The van der Waals surface area contributed by atoms with Crippen molar-refractivity contribution in [2.75, 3.05) is 4.90 Å². The molecule has 0 aliphatic heterocycles. The molecule has 0 aliphatic carbocycles. The Morgan fingerprint density at radius 3 is 1.52 bits per heavy atom. The molecule has 0 heterocycles. The molecular formula is C25H18Cl2N2. The van der Waals surface area contributed by atoms with Crippen molar-refractivity contribution >= 4 is 46.1 Å². The molecule has 29 heavy (non-hydrogen) atoms.